The molecule has 7 nitrogen and oxygen atoms in total. The number of thiazole rings is 1. The third-order valence-corrected chi connectivity index (χ3v) is 3.81. The van der Waals surface area contributed by atoms with Gasteiger partial charge >= 0.3 is 5.97 Å². The van der Waals surface area contributed by atoms with Crippen LogP contribution in [-0.2, 0) is 14.9 Å². The molecule has 1 atom stereocenters. The smallest absolute Gasteiger partial charge is 0.329 e. The first-order valence-corrected chi connectivity index (χ1v) is 7.06. The van der Waals surface area contributed by atoms with E-state index in [4.69, 9.17) is 10.3 Å². The maximum atomic E-state index is 11.8. The summed E-state index contributed by atoms with van der Waals surface area (Å²) in [6, 6.07) is -0.638. The Morgan fingerprint density at radius 3 is 2.85 bits per heavy atom. The minimum Gasteiger partial charge on any atom is -0.468 e. The van der Waals surface area contributed by atoms with Crippen LogP contribution in [0.1, 0.15) is 37.5 Å². The molecule has 0 bridgehead atoms. The van der Waals surface area contributed by atoms with Crippen LogP contribution in [-0.4, -0.2) is 31.2 Å². The minimum atomic E-state index is -0.638. The fourth-order valence-corrected chi connectivity index (χ4v) is 2.43. The first kappa shape index (κ1) is 16.4. The topological polar surface area (TPSA) is 100.0 Å². The van der Waals surface area contributed by atoms with Gasteiger partial charge in [-0.05, 0) is 5.53 Å². The summed E-state index contributed by atoms with van der Waals surface area (Å²) < 4.78 is 4.78. The lowest BCUT2D eigenvalue weighted by Crippen LogP contribution is -2.31. The number of hydrogen-bond donors (Lipinski definition) is 1. The third kappa shape index (κ3) is 4.48. The zero-order valence-corrected chi connectivity index (χ0v) is 12.9. The molecule has 1 heterocycles. The van der Waals surface area contributed by atoms with Crippen molar-refractivity contribution in [3.63, 3.8) is 0 Å². The quantitative estimate of drug-likeness (QED) is 0.287. The minimum absolute atomic E-state index is 0.0608. The molecular formula is C12H19N5O2S. The van der Waals surface area contributed by atoms with Crippen LogP contribution in [0.25, 0.3) is 10.4 Å². The van der Waals surface area contributed by atoms with E-state index in [0.29, 0.717) is 12.2 Å². The van der Waals surface area contributed by atoms with Crippen molar-refractivity contribution >= 4 is 17.3 Å². The number of nitrogens with zero attached hydrogens (tertiary/aromatic N) is 4. The number of ether oxygens (including phenoxy) is 1. The number of rotatable bonds is 6. The van der Waals surface area contributed by atoms with Crippen LogP contribution in [0.15, 0.2) is 10.5 Å². The average Bonchev–Trinajstić information content (AvgIpc) is 2.87. The van der Waals surface area contributed by atoms with Gasteiger partial charge in [0.05, 0.1) is 17.8 Å². The van der Waals surface area contributed by atoms with Crippen molar-refractivity contribution in [1.82, 2.24) is 10.3 Å². The first-order valence-electron chi connectivity index (χ1n) is 6.18. The first-order chi connectivity index (χ1) is 9.40. The predicted molar refractivity (Wildman–Crippen MR) is 77.6 cm³/mol. The standard InChI is InChI=1S/C12H19N5O2S/c1-12(2,3)11-16-8(7-20-11)9(10(18)19-4)14-5-6-15-17-13/h7,9,14H,5-6H2,1-4H3. The highest BCUT2D eigenvalue weighted by Crippen LogP contribution is 2.28. The Morgan fingerprint density at radius 1 is 1.65 bits per heavy atom. The number of azide groups is 1. The Kier molecular flexibility index (Phi) is 5.94. The summed E-state index contributed by atoms with van der Waals surface area (Å²) in [5.41, 5.74) is 8.80. The lowest BCUT2D eigenvalue weighted by molar-refractivity contribution is -0.143. The van der Waals surface area contributed by atoms with E-state index < -0.39 is 12.0 Å². The summed E-state index contributed by atoms with van der Waals surface area (Å²) in [7, 11) is 1.33. The second kappa shape index (κ2) is 7.23. The van der Waals surface area contributed by atoms with Crippen molar-refractivity contribution < 1.29 is 9.53 Å². The van der Waals surface area contributed by atoms with Crippen LogP contribution in [0.4, 0.5) is 0 Å². The third-order valence-electron chi connectivity index (χ3n) is 2.52. The average molecular weight is 297 g/mol. The Morgan fingerprint density at radius 2 is 2.35 bits per heavy atom. The molecule has 1 aromatic heterocycles. The number of carbonyl (C=O) groups is 1. The number of aromatic nitrogens is 1. The second-order valence-electron chi connectivity index (χ2n) is 5.19. The Bertz CT molecular complexity index is 502. The molecule has 0 aromatic carbocycles. The molecule has 0 radical (unpaired) electrons. The van der Waals surface area contributed by atoms with Crippen LogP contribution in [0, 0.1) is 0 Å². The molecule has 0 spiro atoms. The Hall–Kier alpha value is -1.63. The molecule has 0 aliphatic heterocycles. The van der Waals surface area contributed by atoms with E-state index in [0.717, 1.165) is 5.01 Å². The summed E-state index contributed by atoms with van der Waals surface area (Å²) in [5.74, 6) is -0.406. The summed E-state index contributed by atoms with van der Waals surface area (Å²) in [6.45, 7) is 6.85. The van der Waals surface area contributed by atoms with Crippen LogP contribution in [0.5, 0.6) is 0 Å². The van der Waals surface area contributed by atoms with Gasteiger partial charge in [-0.25, -0.2) is 9.78 Å². The van der Waals surface area contributed by atoms with Crippen molar-refractivity contribution in [1.29, 1.82) is 0 Å². The van der Waals surface area contributed by atoms with Gasteiger partial charge in [-0.1, -0.05) is 25.9 Å². The number of methoxy groups -OCH3 is 1. The van der Waals surface area contributed by atoms with E-state index in [2.05, 4.69) is 41.1 Å². The van der Waals surface area contributed by atoms with Gasteiger partial charge in [0.15, 0.2) is 0 Å². The molecule has 110 valence electrons. The lowest BCUT2D eigenvalue weighted by Gasteiger charge is -2.16. The summed E-state index contributed by atoms with van der Waals surface area (Å²) >= 11 is 1.52. The molecule has 0 fully saturated rings. The highest BCUT2D eigenvalue weighted by atomic mass is 32.1. The van der Waals surface area contributed by atoms with Crippen molar-refractivity contribution in [2.45, 2.75) is 32.2 Å². The maximum absolute atomic E-state index is 11.8. The largest absolute Gasteiger partial charge is 0.468 e. The summed E-state index contributed by atoms with van der Waals surface area (Å²) in [6.07, 6.45) is 0. The van der Waals surface area contributed by atoms with E-state index in [1.54, 1.807) is 0 Å². The van der Waals surface area contributed by atoms with Gasteiger partial charge in [-0.3, -0.25) is 5.32 Å². The number of hydrogen-bond acceptors (Lipinski definition) is 6. The zero-order chi connectivity index (χ0) is 15.2. The number of nitrogens with one attached hydrogen (secondary N) is 1. The normalized spacial score (nSPS) is 12.6. The van der Waals surface area contributed by atoms with Crippen LogP contribution in [0.3, 0.4) is 0 Å². The van der Waals surface area contributed by atoms with Gasteiger partial charge in [0.2, 0.25) is 0 Å². The van der Waals surface area contributed by atoms with Crippen LogP contribution >= 0.6 is 11.3 Å². The van der Waals surface area contributed by atoms with Crippen LogP contribution in [0.2, 0.25) is 0 Å². The second-order valence-corrected chi connectivity index (χ2v) is 6.05. The molecule has 0 saturated heterocycles. The molecule has 8 heteroatoms. The van der Waals surface area contributed by atoms with Gasteiger partial charge in [0.1, 0.15) is 6.04 Å². The fraction of sp³-hybridized carbons (Fsp3) is 0.667. The number of esters is 1. The molecule has 1 aromatic rings. The van der Waals surface area contributed by atoms with E-state index in [-0.39, 0.29) is 12.0 Å². The van der Waals surface area contributed by atoms with Crippen molar-refractivity contribution in [2.75, 3.05) is 20.2 Å². The zero-order valence-electron chi connectivity index (χ0n) is 12.1. The molecule has 1 unspecified atom stereocenters. The van der Waals surface area contributed by atoms with E-state index in [1.165, 1.54) is 18.4 Å². The van der Waals surface area contributed by atoms with Gasteiger partial charge in [0, 0.05) is 28.8 Å². The fourth-order valence-electron chi connectivity index (χ4n) is 1.49. The van der Waals surface area contributed by atoms with Gasteiger partial charge < -0.3 is 4.74 Å². The summed E-state index contributed by atoms with van der Waals surface area (Å²) in [5, 5.41) is 9.21. The SMILES string of the molecule is COC(=O)C(NCCN=[N+]=[N-])c1csc(C(C)(C)C)n1. The molecule has 0 saturated carbocycles. The van der Waals surface area contributed by atoms with Crippen LogP contribution < -0.4 is 5.32 Å². The Labute approximate surface area is 122 Å². The van der Waals surface area contributed by atoms with Gasteiger partial charge in [-0.2, -0.15) is 0 Å². The molecule has 0 amide bonds. The molecule has 20 heavy (non-hydrogen) atoms. The highest BCUT2D eigenvalue weighted by molar-refractivity contribution is 7.09. The van der Waals surface area contributed by atoms with E-state index in [1.807, 2.05) is 5.38 Å². The molecule has 0 aliphatic rings. The van der Waals surface area contributed by atoms with Crippen molar-refractivity contribution in [3.05, 3.63) is 26.5 Å². The lowest BCUT2D eigenvalue weighted by atomic mass is 9.98. The molecule has 1 rings (SSSR count). The predicted octanol–water partition coefficient (Wildman–Crippen LogP) is 2.55. The molecular weight excluding hydrogens is 278 g/mol. The molecule has 0 aliphatic carbocycles. The Balaban J connectivity index is 2.85. The number of carbonyl (C=O) groups excluding carboxylic acids is 1. The van der Waals surface area contributed by atoms with Gasteiger partial charge in [-0.15, -0.1) is 11.3 Å². The van der Waals surface area contributed by atoms with E-state index >= 15 is 0 Å². The van der Waals surface area contributed by atoms with Crippen molar-refractivity contribution in [2.24, 2.45) is 5.11 Å². The highest BCUT2D eigenvalue weighted by Gasteiger charge is 2.26. The van der Waals surface area contributed by atoms with Crippen molar-refractivity contribution in [3.8, 4) is 0 Å². The monoisotopic (exact) mass is 297 g/mol. The molecule has 1 N–H and O–H groups in total. The summed E-state index contributed by atoms with van der Waals surface area (Å²) in [4.78, 5) is 19.0. The van der Waals surface area contributed by atoms with Gasteiger partial charge in [0.25, 0.3) is 0 Å². The maximum Gasteiger partial charge on any atom is 0.329 e. The van der Waals surface area contributed by atoms with E-state index in [9.17, 15) is 4.79 Å².